The second-order valence-corrected chi connectivity index (χ2v) is 19.8. The molecule has 6 aliphatic rings. The Morgan fingerprint density at radius 2 is 1.79 bits per heavy atom. The van der Waals surface area contributed by atoms with Crippen LogP contribution in [0.5, 0.6) is 0 Å². The molecule has 4 fully saturated rings. The highest BCUT2D eigenvalue weighted by atomic mass is 19.1. The molecule has 3 aliphatic carbocycles. The minimum Gasteiger partial charge on any atom is -0.402 e. The second-order valence-electron chi connectivity index (χ2n) is 19.8. The average molecular weight is 911 g/mol. The van der Waals surface area contributed by atoms with E-state index in [0.29, 0.717) is 64.7 Å². The van der Waals surface area contributed by atoms with E-state index >= 15 is 13.6 Å². The van der Waals surface area contributed by atoms with Crippen molar-refractivity contribution < 1.29 is 22.8 Å². The highest BCUT2D eigenvalue weighted by molar-refractivity contribution is 6.06. The molecule has 3 aliphatic heterocycles. The number of imidazole rings is 1. The molecular weight excluding hydrogens is 859 g/mol. The van der Waals surface area contributed by atoms with Gasteiger partial charge in [0.25, 0.3) is 5.91 Å². The Bertz CT molecular complexity index is 3230. The Balaban J connectivity index is 1.03. The summed E-state index contributed by atoms with van der Waals surface area (Å²) in [4.78, 5) is 52.3. The molecule has 2 bridgehead atoms. The summed E-state index contributed by atoms with van der Waals surface area (Å²) in [6, 6.07) is 13.9. The van der Waals surface area contributed by atoms with Gasteiger partial charge in [-0.1, -0.05) is 18.1 Å². The van der Waals surface area contributed by atoms with Crippen LogP contribution in [0.4, 0.5) is 20.2 Å². The molecule has 5 N–H and O–H groups in total. The van der Waals surface area contributed by atoms with Crippen LogP contribution < -0.4 is 22.5 Å². The molecule has 67 heavy (non-hydrogen) atoms. The molecule has 17 heteroatoms. The molecule has 346 valence electrons. The molecule has 5 atom stereocenters. The second kappa shape index (κ2) is 15.3. The van der Waals surface area contributed by atoms with E-state index in [9.17, 15) is 9.59 Å². The van der Waals surface area contributed by atoms with Crippen molar-refractivity contribution in [3.63, 3.8) is 0 Å². The molecule has 6 aromatic rings. The topological polar surface area (TPSA) is 195 Å². The maximum absolute atomic E-state index is 16.3. The predicted octanol–water partition coefficient (Wildman–Crippen LogP) is 7.67. The number of nitrogens with one attached hydrogen (secondary N) is 3. The van der Waals surface area contributed by atoms with Crippen molar-refractivity contribution in [2.75, 3.05) is 11.9 Å². The largest absolute Gasteiger partial charge is 0.438 e. The van der Waals surface area contributed by atoms with Crippen molar-refractivity contribution in [3.05, 3.63) is 139 Å². The molecule has 2 saturated carbocycles. The van der Waals surface area contributed by atoms with E-state index in [1.165, 1.54) is 23.0 Å². The van der Waals surface area contributed by atoms with Crippen LogP contribution in [-0.4, -0.2) is 77.0 Å². The van der Waals surface area contributed by atoms with E-state index in [2.05, 4.69) is 47.5 Å². The Hall–Kier alpha value is -6.88. The van der Waals surface area contributed by atoms with E-state index in [0.717, 1.165) is 52.9 Å². The molecule has 1 amide bonds. The fraction of sp³-hybridized carbons (Fsp3) is 0.400. The van der Waals surface area contributed by atoms with Crippen molar-refractivity contribution in [2.45, 2.75) is 115 Å². The maximum Gasteiger partial charge on any atom is 0.438 e. The van der Waals surface area contributed by atoms with Gasteiger partial charge in [0, 0.05) is 71.6 Å². The maximum atomic E-state index is 16.3. The number of aryl methyl sites for hydroxylation is 2. The van der Waals surface area contributed by atoms with E-state index in [4.69, 9.17) is 25.4 Å². The summed E-state index contributed by atoms with van der Waals surface area (Å²) >= 11 is 0. The molecule has 3 aromatic carbocycles. The summed E-state index contributed by atoms with van der Waals surface area (Å²) in [7, 11) is 0. The van der Waals surface area contributed by atoms with Crippen molar-refractivity contribution in [1.82, 2.24) is 28.7 Å². The van der Waals surface area contributed by atoms with Gasteiger partial charge >= 0.3 is 11.4 Å². The number of nitrogens with zero attached hydrogens (tertiary/aromatic N) is 6. The highest BCUT2D eigenvalue weighted by Gasteiger charge is 2.60. The number of nitrogens with two attached hydrogens (primary N) is 1. The number of aromatic nitrogens is 5. The third-order valence-electron chi connectivity index (χ3n) is 14.7. The first-order chi connectivity index (χ1) is 32.1. The summed E-state index contributed by atoms with van der Waals surface area (Å²) in [5.41, 5.74) is 9.87. The van der Waals surface area contributed by atoms with E-state index in [-0.39, 0.29) is 64.8 Å². The van der Waals surface area contributed by atoms with Gasteiger partial charge in [0.1, 0.15) is 22.9 Å². The molecule has 2 saturated heterocycles. The SMILES string of the molecule is Cc1cc(N=C(C2=C(N)CC3CC2N3C(=O)c2cc3cc(C4CCOC(C)(C)C4)ccc3n2C2(c3noc(=O)[nH]3)CC2C)n2ccn(-c3ccc(NC4CC4)c(C=N)c3F)c2=O)cc(C)c1F. The number of halogens is 2. The summed E-state index contributed by atoms with van der Waals surface area (Å²) in [5.74, 6) is -1.40. The normalized spacial score (nSPS) is 24.5. The number of fused-ring (bicyclic) bond motifs is 2. The number of benzene rings is 3. The quantitative estimate of drug-likeness (QED) is 0.0794. The van der Waals surface area contributed by atoms with Gasteiger partial charge in [-0.05, 0) is 137 Å². The lowest BCUT2D eigenvalue weighted by molar-refractivity contribution is -0.0592. The van der Waals surface area contributed by atoms with Crippen LogP contribution in [0.3, 0.4) is 0 Å². The number of carbonyl (C=O) groups is 1. The van der Waals surface area contributed by atoms with Gasteiger partial charge in [0.2, 0.25) is 0 Å². The number of carbonyl (C=O) groups excluding carboxylic acids is 1. The minimum atomic E-state index is -0.876. The molecule has 6 heterocycles. The smallest absolute Gasteiger partial charge is 0.402 e. The Morgan fingerprint density at radius 3 is 2.46 bits per heavy atom. The Morgan fingerprint density at radius 1 is 1.03 bits per heavy atom. The fourth-order valence-electron chi connectivity index (χ4n) is 11.1. The molecule has 3 aromatic heterocycles. The van der Waals surface area contributed by atoms with E-state index in [1.54, 1.807) is 36.9 Å². The van der Waals surface area contributed by atoms with Gasteiger partial charge in [0.05, 0.1) is 28.6 Å². The minimum absolute atomic E-state index is 0.0174. The van der Waals surface area contributed by atoms with Crippen LogP contribution in [0.25, 0.3) is 16.6 Å². The van der Waals surface area contributed by atoms with Crippen LogP contribution in [0, 0.1) is 36.8 Å². The third-order valence-corrected chi connectivity index (χ3v) is 14.7. The van der Waals surface area contributed by atoms with Crippen LogP contribution >= 0.6 is 0 Å². The summed E-state index contributed by atoms with van der Waals surface area (Å²) in [6.07, 6.45) is 8.86. The van der Waals surface area contributed by atoms with Crippen LogP contribution in [0.1, 0.15) is 110 Å². The zero-order chi connectivity index (χ0) is 46.8. The molecule has 0 radical (unpaired) electrons. The van der Waals surface area contributed by atoms with Crippen molar-refractivity contribution in [1.29, 1.82) is 5.41 Å². The van der Waals surface area contributed by atoms with Crippen molar-refractivity contribution in [3.8, 4) is 5.69 Å². The van der Waals surface area contributed by atoms with Gasteiger partial charge in [-0.2, -0.15) is 0 Å². The number of anilines is 1. The highest BCUT2D eigenvalue weighted by Crippen LogP contribution is 2.56. The van der Waals surface area contributed by atoms with Crippen LogP contribution in [0.15, 0.2) is 91.3 Å². The van der Waals surface area contributed by atoms with Crippen LogP contribution in [0.2, 0.25) is 0 Å². The zero-order valence-corrected chi connectivity index (χ0v) is 38.0. The Labute approximate surface area is 383 Å². The number of rotatable bonds is 10. The molecule has 15 nitrogen and oxygen atoms in total. The lowest BCUT2D eigenvalue weighted by Gasteiger charge is -2.53. The number of hydrogen-bond acceptors (Lipinski definition) is 10. The standard InChI is InChI=1S/C50H52F2N10O5/c1-25-16-32(17-26(2)42(25)51)56-44(60-14-13-59(48(60)65)38-11-9-36(55-31-7-8-31)34(24-53)43(38)52)41-35(54)20-33-21-39(41)61(33)45(63)40-19-30-18-28(29-12-15-66-49(4,5)23-29)6-10-37(30)62(40)50(22-27(50)3)46-57-47(64)67-58-46/h6,9-11,13-14,16-19,24,27,29,31,33,39,53,55H,7-8,12,15,20-23,54H2,1-5H3,(H,57,58,64). The first kappa shape index (κ1) is 42.7. The first-order valence-corrected chi connectivity index (χ1v) is 23.0. The van der Waals surface area contributed by atoms with E-state index in [1.807, 2.05) is 17.6 Å². The number of aliphatic imine (C=N–C) groups is 1. The molecule has 0 spiro atoms. The number of aromatic amines is 1. The van der Waals surface area contributed by atoms with Gasteiger partial charge in [-0.15, -0.1) is 0 Å². The third kappa shape index (κ3) is 6.91. The van der Waals surface area contributed by atoms with Gasteiger partial charge in [-0.3, -0.25) is 23.4 Å². The summed E-state index contributed by atoms with van der Waals surface area (Å²) in [5, 5.41) is 16.3. The first-order valence-electron chi connectivity index (χ1n) is 23.0. The fourth-order valence-corrected chi connectivity index (χ4v) is 11.1. The monoisotopic (exact) mass is 910 g/mol. The Kier molecular flexibility index (Phi) is 9.78. The summed E-state index contributed by atoms with van der Waals surface area (Å²) < 4.78 is 46.9. The average Bonchev–Trinajstić information content (AvgIpc) is 4.06. The van der Waals surface area contributed by atoms with Gasteiger partial charge in [0.15, 0.2) is 11.6 Å². The van der Waals surface area contributed by atoms with Crippen molar-refractivity contribution in [2.24, 2.45) is 16.6 Å². The molecular formula is C50H52F2N10O5. The predicted molar refractivity (Wildman–Crippen MR) is 249 cm³/mol. The molecule has 12 rings (SSSR count). The number of H-pyrrole nitrogens is 1. The van der Waals surface area contributed by atoms with Gasteiger partial charge in [-0.25, -0.2) is 23.4 Å². The zero-order valence-electron chi connectivity index (χ0n) is 38.0. The van der Waals surface area contributed by atoms with Crippen molar-refractivity contribution >= 4 is 40.2 Å². The molecule has 5 unspecified atom stereocenters. The summed E-state index contributed by atoms with van der Waals surface area (Å²) in [6.45, 7) is 10.2. The number of amides is 1. The number of ether oxygens (including phenoxy) is 1. The van der Waals surface area contributed by atoms with Gasteiger partial charge < -0.3 is 30.7 Å². The lowest BCUT2D eigenvalue weighted by atomic mass is 9.76. The lowest BCUT2D eigenvalue weighted by Crippen LogP contribution is -2.64. The van der Waals surface area contributed by atoms with E-state index < -0.39 is 28.8 Å². The number of hydrogen-bond donors (Lipinski definition) is 4. The van der Waals surface area contributed by atoms with Crippen LogP contribution in [-0.2, 0) is 10.3 Å².